The van der Waals surface area contributed by atoms with Gasteiger partial charge < -0.3 is 20.9 Å². The molecule has 33 heavy (non-hydrogen) atoms. The van der Waals surface area contributed by atoms with Crippen LogP contribution in [0.3, 0.4) is 0 Å². The van der Waals surface area contributed by atoms with E-state index in [4.69, 9.17) is 10.3 Å². The Morgan fingerprint density at radius 2 is 2.03 bits per heavy atom. The number of nitrogens with two attached hydrogens (primary N) is 1. The molecule has 0 saturated heterocycles. The molecule has 0 fully saturated rings. The highest BCUT2D eigenvalue weighted by atomic mass is 127. The Morgan fingerprint density at radius 1 is 1.30 bits per heavy atom. The molecule has 0 aliphatic rings. The number of aromatic nitrogens is 3. The summed E-state index contributed by atoms with van der Waals surface area (Å²) in [5.41, 5.74) is 8.55. The number of nitrogen functional groups attached to an aromatic ring is 1. The lowest BCUT2D eigenvalue weighted by molar-refractivity contribution is 0.372. The van der Waals surface area contributed by atoms with E-state index in [2.05, 4.69) is 45.8 Å². The molecule has 1 aromatic carbocycles. The molecule has 0 atom stereocenters. The molecule has 2 aromatic heterocycles. The smallest absolute Gasteiger partial charge is 0.191 e. The van der Waals surface area contributed by atoms with E-state index in [-0.39, 0.29) is 35.6 Å². The monoisotopic (exact) mass is 566 g/mol. The minimum atomic E-state index is -0.350. The molecule has 2 heterocycles. The summed E-state index contributed by atoms with van der Waals surface area (Å²) in [5.74, 6) is 1.56. The number of halogens is 2. The number of benzene rings is 1. The van der Waals surface area contributed by atoms with Crippen molar-refractivity contribution >= 4 is 35.8 Å². The summed E-state index contributed by atoms with van der Waals surface area (Å²) >= 11 is 0. The van der Waals surface area contributed by atoms with Gasteiger partial charge in [-0.2, -0.15) is 10.4 Å². The van der Waals surface area contributed by atoms with Gasteiger partial charge in [0, 0.05) is 19.7 Å². The SMILES string of the molecule is CN=C(NCCCc1nn(-c2ccc(F)cc2)c(N)c1C#N)NCc1cc(C(C)C)no1.I. The molecule has 0 saturated carbocycles. The van der Waals surface area contributed by atoms with E-state index in [0.717, 1.165) is 11.5 Å². The molecule has 0 bridgehead atoms. The number of hydrogen-bond donors (Lipinski definition) is 3. The minimum Gasteiger partial charge on any atom is -0.382 e. The van der Waals surface area contributed by atoms with Gasteiger partial charge in [-0.3, -0.25) is 4.99 Å². The van der Waals surface area contributed by atoms with E-state index in [1.807, 2.05) is 6.07 Å². The molecule has 176 valence electrons. The summed E-state index contributed by atoms with van der Waals surface area (Å²) in [4.78, 5) is 4.20. The van der Waals surface area contributed by atoms with E-state index in [0.29, 0.717) is 54.8 Å². The molecule has 4 N–H and O–H groups in total. The van der Waals surface area contributed by atoms with Gasteiger partial charge in [0.05, 0.1) is 23.6 Å². The zero-order valence-electron chi connectivity index (χ0n) is 18.8. The van der Waals surface area contributed by atoms with Crippen LogP contribution in [0.1, 0.15) is 48.9 Å². The van der Waals surface area contributed by atoms with Crippen LogP contribution in [0.25, 0.3) is 5.69 Å². The summed E-state index contributed by atoms with van der Waals surface area (Å²) in [6, 6.07) is 9.84. The van der Waals surface area contributed by atoms with Crippen molar-refractivity contribution in [2.75, 3.05) is 19.3 Å². The van der Waals surface area contributed by atoms with E-state index < -0.39 is 0 Å². The second kappa shape index (κ2) is 12.2. The molecule has 11 heteroatoms. The van der Waals surface area contributed by atoms with Crippen molar-refractivity contribution in [1.29, 1.82) is 5.26 Å². The lowest BCUT2D eigenvalue weighted by atomic mass is 10.1. The van der Waals surface area contributed by atoms with Crippen molar-refractivity contribution in [3.05, 3.63) is 58.9 Å². The highest BCUT2D eigenvalue weighted by Crippen LogP contribution is 2.21. The van der Waals surface area contributed by atoms with E-state index in [1.54, 1.807) is 19.2 Å². The van der Waals surface area contributed by atoms with Crippen LogP contribution in [0.2, 0.25) is 0 Å². The lowest BCUT2D eigenvalue weighted by Crippen LogP contribution is -2.37. The largest absolute Gasteiger partial charge is 0.382 e. The maximum Gasteiger partial charge on any atom is 0.191 e. The number of hydrogen-bond acceptors (Lipinski definition) is 6. The second-order valence-corrected chi connectivity index (χ2v) is 7.54. The maximum absolute atomic E-state index is 13.2. The molecule has 0 unspecified atom stereocenters. The molecule has 3 aromatic rings. The third-order valence-corrected chi connectivity index (χ3v) is 4.88. The average Bonchev–Trinajstić information content (AvgIpc) is 3.38. The fourth-order valence-corrected chi connectivity index (χ4v) is 3.09. The van der Waals surface area contributed by atoms with E-state index >= 15 is 0 Å². The summed E-state index contributed by atoms with van der Waals surface area (Å²) < 4.78 is 20.0. The first-order valence-electron chi connectivity index (χ1n) is 10.4. The summed E-state index contributed by atoms with van der Waals surface area (Å²) in [7, 11) is 1.69. The number of anilines is 1. The predicted molar refractivity (Wildman–Crippen MR) is 135 cm³/mol. The third kappa shape index (κ3) is 6.67. The Bertz CT molecular complexity index is 1110. The Hall–Kier alpha value is -3.14. The van der Waals surface area contributed by atoms with Crippen molar-refractivity contribution in [2.24, 2.45) is 4.99 Å². The van der Waals surface area contributed by atoms with Crippen LogP contribution in [0.15, 0.2) is 39.8 Å². The number of aryl methyl sites for hydroxylation is 1. The number of nitrogens with zero attached hydrogens (tertiary/aromatic N) is 5. The molecule has 0 aliphatic carbocycles. The van der Waals surface area contributed by atoms with Gasteiger partial charge in [-0.25, -0.2) is 9.07 Å². The molecule has 0 aliphatic heterocycles. The molecule has 3 rings (SSSR count). The van der Waals surface area contributed by atoms with Gasteiger partial charge in [0.1, 0.15) is 23.3 Å². The van der Waals surface area contributed by atoms with Gasteiger partial charge in [-0.05, 0) is 43.0 Å². The summed E-state index contributed by atoms with van der Waals surface area (Å²) in [6.45, 7) is 5.20. The van der Waals surface area contributed by atoms with Gasteiger partial charge in [0.15, 0.2) is 11.7 Å². The molecule has 0 radical (unpaired) electrons. The van der Waals surface area contributed by atoms with E-state index in [1.165, 1.54) is 16.8 Å². The van der Waals surface area contributed by atoms with Crippen molar-refractivity contribution in [3.8, 4) is 11.8 Å². The van der Waals surface area contributed by atoms with Gasteiger partial charge in [0.2, 0.25) is 0 Å². The summed E-state index contributed by atoms with van der Waals surface area (Å²) in [6.07, 6.45) is 1.25. The molecule has 9 nitrogen and oxygen atoms in total. The van der Waals surface area contributed by atoms with Crippen LogP contribution >= 0.6 is 24.0 Å². The second-order valence-electron chi connectivity index (χ2n) is 7.54. The zero-order valence-corrected chi connectivity index (χ0v) is 21.1. The van der Waals surface area contributed by atoms with Crippen LogP contribution in [-0.4, -0.2) is 34.5 Å². The van der Waals surface area contributed by atoms with Crippen molar-refractivity contribution in [2.45, 2.75) is 39.2 Å². The predicted octanol–water partition coefficient (Wildman–Crippen LogP) is 3.49. The first-order valence-corrected chi connectivity index (χ1v) is 10.4. The van der Waals surface area contributed by atoms with Crippen LogP contribution in [0.5, 0.6) is 0 Å². The van der Waals surface area contributed by atoms with Crippen LogP contribution in [0.4, 0.5) is 10.2 Å². The number of nitrogens with one attached hydrogen (secondary N) is 2. The first-order chi connectivity index (χ1) is 15.4. The first kappa shape index (κ1) is 26.1. The lowest BCUT2D eigenvalue weighted by Gasteiger charge is -2.10. The fraction of sp³-hybridized carbons (Fsp3) is 0.364. The highest BCUT2D eigenvalue weighted by molar-refractivity contribution is 14.0. The fourth-order valence-electron chi connectivity index (χ4n) is 3.09. The third-order valence-electron chi connectivity index (χ3n) is 4.88. The Morgan fingerprint density at radius 3 is 2.64 bits per heavy atom. The average molecular weight is 566 g/mol. The number of aliphatic imine (C=N–C) groups is 1. The normalized spacial score (nSPS) is 11.2. The van der Waals surface area contributed by atoms with Gasteiger partial charge in [-0.15, -0.1) is 24.0 Å². The summed E-state index contributed by atoms with van der Waals surface area (Å²) in [5, 5.41) is 24.4. The molecule has 0 spiro atoms. The molecule has 0 amide bonds. The zero-order chi connectivity index (χ0) is 23.1. The van der Waals surface area contributed by atoms with Gasteiger partial charge >= 0.3 is 0 Å². The minimum absolute atomic E-state index is 0. The Labute approximate surface area is 209 Å². The van der Waals surface area contributed by atoms with Crippen molar-refractivity contribution in [1.82, 2.24) is 25.6 Å². The Kier molecular flexibility index (Phi) is 9.65. The van der Waals surface area contributed by atoms with Crippen LogP contribution in [0, 0.1) is 17.1 Å². The number of nitriles is 1. The Balaban J connectivity index is 0.00000385. The van der Waals surface area contributed by atoms with Crippen LogP contribution in [-0.2, 0) is 13.0 Å². The number of rotatable bonds is 8. The van der Waals surface area contributed by atoms with Gasteiger partial charge in [0.25, 0.3) is 0 Å². The molecular formula is C22H28FIN8O. The highest BCUT2D eigenvalue weighted by Gasteiger charge is 2.16. The van der Waals surface area contributed by atoms with E-state index in [9.17, 15) is 9.65 Å². The molecular weight excluding hydrogens is 538 g/mol. The van der Waals surface area contributed by atoms with Crippen LogP contribution < -0.4 is 16.4 Å². The standard InChI is InChI=1S/C22H27FN8O.HI/c1-14(2)20-11-17(32-30-20)13-28-22(26-3)27-10-4-5-19-18(12-24)21(25)31(29-19)16-8-6-15(23)7-9-16;/h6-9,11,14H,4-5,10,13,25H2,1-3H3,(H2,26,27,28);1H. The number of guanidine groups is 1. The quantitative estimate of drug-likeness (QED) is 0.165. The topological polar surface area (TPSA) is 130 Å². The maximum atomic E-state index is 13.2. The van der Waals surface area contributed by atoms with Crippen molar-refractivity contribution < 1.29 is 8.91 Å². The van der Waals surface area contributed by atoms with Gasteiger partial charge in [-0.1, -0.05) is 19.0 Å². The van der Waals surface area contributed by atoms with Crippen molar-refractivity contribution in [3.63, 3.8) is 0 Å².